The number of ether oxygens (including phenoxy) is 2. The first kappa shape index (κ1) is 27.7. The van der Waals surface area contributed by atoms with E-state index in [1.807, 2.05) is 46.1 Å². The number of fused-ring (bicyclic) bond motifs is 1. The van der Waals surface area contributed by atoms with Crippen molar-refractivity contribution < 1.29 is 14.3 Å². The summed E-state index contributed by atoms with van der Waals surface area (Å²) >= 11 is 0. The number of aromatic nitrogens is 3. The van der Waals surface area contributed by atoms with Crippen LogP contribution in [0.5, 0.6) is 11.5 Å². The van der Waals surface area contributed by atoms with Crippen LogP contribution in [0, 0.1) is 5.92 Å². The molecule has 0 radical (unpaired) electrons. The van der Waals surface area contributed by atoms with Gasteiger partial charge in [-0.05, 0) is 68.5 Å². The number of benzene rings is 1. The molecule has 0 bridgehead atoms. The molecule has 9 heteroatoms. The number of likely N-dealkylation sites (tertiary alicyclic amines) is 1. The molecule has 9 nitrogen and oxygen atoms in total. The topological polar surface area (TPSA) is 84.2 Å². The molecule has 1 amide bonds. The molecule has 1 saturated carbocycles. The van der Waals surface area contributed by atoms with Crippen molar-refractivity contribution >= 4 is 17.1 Å². The number of piperazine rings is 1. The number of methoxy groups -OCH3 is 1. The molecule has 0 unspecified atom stereocenters. The minimum atomic E-state index is -0.152. The molecular weight excluding hydrogens is 540 g/mol. The Morgan fingerprint density at radius 2 is 1.81 bits per heavy atom. The van der Waals surface area contributed by atoms with Gasteiger partial charge in [-0.15, -0.1) is 0 Å². The van der Waals surface area contributed by atoms with Gasteiger partial charge in [0, 0.05) is 62.4 Å². The van der Waals surface area contributed by atoms with Crippen molar-refractivity contribution in [3.05, 3.63) is 72.2 Å². The summed E-state index contributed by atoms with van der Waals surface area (Å²) < 4.78 is 14.0. The Kier molecular flexibility index (Phi) is 7.43. The molecule has 224 valence electrons. The fourth-order valence-electron chi connectivity index (χ4n) is 6.51. The van der Waals surface area contributed by atoms with E-state index in [9.17, 15) is 4.79 Å². The molecule has 0 spiro atoms. The average molecular weight is 581 g/mol. The molecule has 1 N–H and O–H groups in total. The van der Waals surface area contributed by atoms with Crippen molar-refractivity contribution in [3.63, 3.8) is 0 Å². The Morgan fingerprint density at radius 3 is 2.51 bits per heavy atom. The van der Waals surface area contributed by atoms with Gasteiger partial charge in [-0.3, -0.25) is 9.78 Å². The van der Waals surface area contributed by atoms with Crippen LogP contribution in [0.3, 0.4) is 0 Å². The van der Waals surface area contributed by atoms with E-state index in [0.717, 1.165) is 65.7 Å². The van der Waals surface area contributed by atoms with Crippen molar-refractivity contribution in [3.8, 4) is 22.8 Å². The Hall–Kier alpha value is -4.11. The second-order valence-corrected chi connectivity index (χ2v) is 12.2. The summed E-state index contributed by atoms with van der Waals surface area (Å²) in [6.07, 6.45) is 8.71. The van der Waals surface area contributed by atoms with Gasteiger partial charge in [-0.1, -0.05) is 12.1 Å². The summed E-state index contributed by atoms with van der Waals surface area (Å²) in [4.78, 5) is 22.4. The van der Waals surface area contributed by atoms with Gasteiger partial charge in [0.25, 0.3) is 0 Å². The smallest absolute Gasteiger partial charge is 0.223 e. The number of hydrogen-bond acceptors (Lipinski definition) is 7. The monoisotopic (exact) mass is 580 g/mol. The van der Waals surface area contributed by atoms with E-state index in [1.165, 1.54) is 18.4 Å². The maximum atomic E-state index is 13.2. The van der Waals surface area contributed by atoms with Gasteiger partial charge in [0.2, 0.25) is 5.91 Å². The molecule has 2 saturated heterocycles. The van der Waals surface area contributed by atoms with Crippen LogP contribution >= 0.6 is 0 Å². The van der Waals surface area contributed by atoms with Crippen LogP contribution in [-0.4, -0.2) is 71.3 Å². The summed E-state index contributed by atoms with van der Waals surface area (Å²) in [5.41, 5.74) is 6.37. The van der Waals surface area contributed by atoms with Crippen molar-refractivity contribution in [1.29, 1.82) is 0 Å². The quantitative estimate of drug-likeness (QED) is 0.296. The summed E-state index contributed by atoms with van der Waals surface area (Å²) in [5, 5.41) is 8.14. The molecule has 3 fully saturated rings. The van der Waals surface area contributed by atoms with E-state index in [0.29, 0.717) is 18.9 Å². The van der Waals surface area contributed by atoms with E-state index >= 15 is 0 Å². The third kappa shape index (κ3) is 5.54. The number of carbonyl (C=O) groups excluding carboxylic acids is 1. The van der Waals surface area contributed by atoms with Gasteiger partial charge >= 0.3 is 0 Å². The zero-order valence-corrected chi connectivity index (χ0v) is 25.2. The van der Waals surface area contributed by atoms with Gasteiger partial charge in [0.1, 0.15) is 23.1 Å². The van der Waals surface area contributed by atoms with Crippen LogP contribution in [0.15, 0.2) is 61.1 Å². The third-order valence-electron chi connectivity index (χ3n) is 9.38. The Balaban J connectivity index is 1.13. The fraction of sp³-hybridized carbons (Fsp3) is 0.441. The van der Waals surface area contributed by atoms with Crippen molar-refractivity contribution in [2.24, 2.45) is 5.92 Å². The highest BCUT2D eigenvalue weighted by atomic mass is 16.5. The fourth-order valence-corrected chi connectivity index (χ4v) is 6.51. The molecular formula is C34H40N6O3. The first-order chi connectivity index (χ1) is 21.0. The van der Waals surface area contributed by atoms with Crippen LogP contribution in [0.1, 0.15) is 56.2 Å². The number of pyridine rings is 2. The minimum absolute atomic E-state index is 0.0165. The zero-order valence-electron chi connectivity index (χ0n) is 25.2. The van der Waals surface area contributed by atoms with Crippen LogP contribution in [0.25, 0.3) is 16.8 Å². The SMILES string of the molecule is COc1ccc([C@@H](C)N2C[C@H]([C@@H](C)Oc3cc(-c4ccc(N5CCNCC5)cn4)cn4ncc(C5CC5)c34)CC2=O)cc1. The van der Waals surface area contributed by atoms with E-state index in [2.05, 4.69) is 48.5 Å². The number of amides is 1. The van der Waals surface area contributed by atoms with Crippen LogP contribution < -0.4 is 19.7 Å². The normalized spacial score (nSPS) is 20.4. The van der Waals surface area contributed by atoms with Gasteiger partial charge < -0.3 is 24.6 Å². The lowest BCUT2D eigenvalue weighted by molar-refractivity contribution is -0.129. The molecule has 2 aliphatic heterocycles. The van der Waals surface area contributed by atoms with Gasteiger partial charge in [0.15, 0.2) is 0 Å². The standard InChI is InChI=1S/C34H40N6O3/c1-22(24-6-9-29(42-3)10-7-24)39-20-26(17-33(39)41)23(2)43-32-16-27(21-40-34(32)30(19-37-40)25-4-5-25)31-11-8-28(18-36-31)38-14-12-35-13-15-38/h6-11,16,18-19,21-23,25-26,35H,4-5,12-15,17,20H2,1-3H3/t22-,23-,26-/m1/s1. The number of hydrogen-bond donors (Lipinski definition) is 1. The summed E-state index contributed by atoms with van der Waals surface area (Å²) in [6.45, 7) is 8.80. The highest BCUT2D eigenvalue weighted by molar-refractivity contribution is 5.79. The molecule has 1 aromatic carbocycles. The summed E-state index contributed by atoms with van der Waals surface area (Å²) in [6, 6.07) is 14.3. The highest BCUT2D eigenvalue weighted by Gasteiger charge is 2.37. The maximum Gasteiger partial charge on any atom is 0.223 e. The molecule has 5 heterocycles. The number of rotatable bonds is 9. The number of nitrogens with zero attached hydrogens (tertiary/aromatic N) is 5. The minimum Gasteiger partial charge on any atom is -0.497 e. The summed E-state index contributed by atoms with van der Waals surface area (Å²) in [7, 11) is 1.66. The van der Waals surface area contributed by atoms with Gasteiger partial charge in [-0.25, -0.2) is 4.52 Å². The first-order valence-corrected chi connectivity index (χ1v) is 15.5. The average Bonchev–Trinajstić information content (AvgIpc) is 3.68. The summed E-state index contributed by atoms with van der Waals surface area (Å²) in [5.74, 6) is 2.41. The zero-order chi connectivity index (χ0) is 29.5. The lowest BCUT2D eigenvalue weighted by Crippen LogP contribution is -2.43. The van der Waals surface area contributed by atoms with Crippen LogP contribution in [-0.2, 0) is 4.79 Å². The van der Waals surface area contributed by atoms with E-state index in [-0.39, 0.29) is 24.0 Å². The number of anilines is 1. The maximum absolute atomic E-state index is 13.2. The Bertz CT molecular complexity index is 1590. The Morgan fingerprint density at radius 1 is 1.02 bits per heavy atom. The van der Waals surface area contributed by atoms with E-state index < -0.39 is 0 Å². The molecule has 3 aromatic heterocycles. The second-order valence-electron chi connectivity index (χ2n) is 12.2. The van der Waals surface area contributed by atoms with Crippen LogP contribution in [0.4, 0.5) is 5.69 Å². The van der Waals surface area contributed by atoms with E-state index in [1.54, 1.807) is 7.11 Å². The largest absolute Gasteiger partial charge is 0.497 e. The molecule has 1 aliphatic carbocycles. The highest BCUT2D eigenvalue weighted by Crippen LogP contribution is 2.45. The molecule has 3 atom stereocenters. The van der Waals surface area contributed by atoms with E-state index in [4.69, 9.17) is 19.6 Å². The second kappa shape index (κ2) is 11.5. The lowest BCUT2D eigenvalue weighted by Gasteiger charge is -2.29. The molecule has 3 aliphatic rings. The van der Waals surface area contributed by atoms with Crippen molar-refractivity contribution in [2.45, 2.75) is 51.2 Å². The predicted molar refractivity (Wildman–Crippen MR) is 167 cm³/mol. The molecule has 4 aromatic rings. The van der Waals surface area contributed by atoms with Gasteiger partial charge in [-0.2, -0.15) is 5.10 Å². The van der Waals surface area contributed by atoms with Crippen LogP contribution in [0.2, 0.25) is 0 Å². The van der Waals surface area contributed by atoms with Crippen molar-refractivity contribution in [1.82, 2.24) is 24.8 Å². The number of nitrogens with one attached hydrogen (secondary N) is 1. The molecule has 43 heavy (non-hydrogen) atoms. The van der Waals surface area contributed by atoms with Crippen molar-refractivity contribution in [2.75, 3.05) is 44.7 Å². The molecule has 7 rings (SSSR count). The lowest BCUT2D eigenvalue weighted by atomic mass is 10.0. The predicted octanol–water partition coefficient (Wildman–Crippen LogP) is 5.07. The van der Waals surface area contributed by atoms with Gasteiger partial charge in [0.05, 0.1) is 36.9 Å². The first-order valence-electron chi connectivity index (χ1n) is 15.5. The Labute approximate surface area is 252 Å². The number of carbonyl (C=O) groups is 1. The third-order valence-corrected chi connectivity index (χ3v) is 9.38.